The van der Waals surface area contributed by atoms with Crippen LogP contribution in [-0.2, 0) is 4.79 Å². The highest BCUT2D eigenvalue weighted by Crippen LogP contribution is 2.37. The third kappa shape index (κ3) is 2.33. The van der Waals surface area contributed by atoms with Crippen molar-refractivity contribution in [1.29, 1.82) is 0 Å². The van der Waals surface area contributed by atoms with Gasteiger partial charge in [-0.3, -0.25) is 9.69 Å². The lowest BCUT2D eigenvalue weighted by Crippen LogP contribution is -2.57. The summed E-state index contributed by atoms with van der Waals surface area (Å²) >= 11 is 0. The van der Waals surface area contributed by atoms with Crippen molar-refractivity contribution >= 4 is 5.97 Å². The Kier molecular flexibility index (Phi) is 3.73. The largest absolute Gasteiger partial charge is 0.480 e. The Labute approximate surface area is 104 Å². The molecule has 0 atom stereocenters. The van der Waals surface area contributed by atoms with Gasteiger partial charge in [-0.15, -0.1) is 0 Å². The maximum atomic E-state index is 11.6. The minimum atomic E-state index is -0.599. The molecule has 0 radical (unpaired) electrons. The van der Waals surface area contributed by atoms with Crippen LogP contribution in [0.5, 0.6) is 0 Å². The second-order valence-electron chi connectivity index (χ2n) is 5.73. The van der Waals surface area contributed by atoms with Crippen LogP contribution in [0.15, 0.2) is 0 Å². The number of rotatable bonds is 3. The van der Waals surface area contributed by atoms with Crippen LogP contribution in [0.4, 0.5) is 0 Å². The average molecular weight is 240 g/mol. The highest BCUT2D eigenvalue weighted by Gasteiger charge is 2.47. The molecule has 0 aromatic rings. The summed E-state index contributed by atoms with van der Waals surface area (Å²) in [6, 6.07) is 0.624. The fraction of sp³-hybridized carbons (Fsp3) is 0.923. The molecular formula is C13H24N2O2. The number of nitrogens with zero attached hydrogens (tertiary/aromatic N) is 2. The van der Waals surface area contributed by atoms with E-state index in [9.17, 15) is 9.90 Å². The fourth-order valence-corrected chi connectivity index (χ4v) is 3.44. The van der Waals surface area contributed by atoms with Crippen LogP contribution >= 0.6 is 0 Å². The van der Waals surface area contributed by atoms with E-state index in [1.165, 1.54) is 0 Å². The molecule has 1 aliphatic heterocycles. The van der Waals surface area contributed by atoms with Gasteiger partial charge in [0.05, 0.1) is 0 Å². The number of carboxylic acid groups (broad SMARTS) is 1. The van der Waals surface area contributed by atoms with Crippen molar-refractivity contribution in [3.63, 3.8) is 0 Å². The van der Waals surface area contributed by atoms with Crippen LogP contribution in [-0.4, -0.2) is 59.6 Å². The molecule has 2 rings (SSSR count). The lowest BCUT2D eigenvalue weighted by atomic mass is 9.91. The van der Waals surface area contributed by atoms with Crippen LogP contribution in [0.1, 0.15) is 38.5 Å². The van der Waals surface area contributed by atoms with E-state index in [0.29, 0.717) is 6.04 Å². The summed E-state index contributed by atoms with van der Waals surface area (Å²) in [6.45, 7) is 1.88. The van der Waals surface area contributed by atoms with Gasteiger partial charge in [-0.05, 0) is 39.8 Å². The van der Waals surface area contributed by atoms with Gasteiger partial charge in [0.15, 0.2) is 0 Å². The van der Waals surface area contributed by atoms with Crippen LogP contribution in [0, 0.1) is 0 Å². The molecule has 0 amide bonds. The zero-order valence-corrected chi connectivity index (χ0v) is 11.0. The van der Waals surface area contributed by atoms with E-state index in [0.717, 1.165) is 51.6 Å². The van der Waals surface area contributed by atoms with Gasteiger partial charge < -0.3 is 10.0 Å². The molecule has 0 unspecified atom stereocenters. The molecule has 1 aliphatic carbocycles. The van der Waals surface area contributed by atoms with Crippen molar-refractivity contribution in [3.8, 4) is 0 Å². The second kappa shape index (κ2) is 4.94. The minimum Gasteiger partial charge on any atom is -0.480 e. The van der Waals surface area contributed by atoms with Gasteiger partial charge >= 0.3 is 5.97 Å². The minimum absolute atomic E-state index is 0.530. The molecule has 98 valence electrons. The summed E-state index contributed by atoms with van der Waals surface area (Å²) in [6.07, 6.45) is 6.02. The summed E-state index contributed by atoms with van der Waals surface area (Å²) < 4.78 is 0. The molecular weight excluding hydrogens is 216 g/mol. The van der Waals surface area contributed by atoms with E-state index in [1.807, 2.05) is 0 Å². The van der Waals surface area contributed by atoms with Gasteiger partial charge in [-0.2, -0.15) is 0 Å². The van der Waals surface area contributed by atoms with Gasteiger partial charge in [-0.25, -0.2) is 0 Å². The highest BCUT2D eigenvalue weighted by atomic mass is 16.4. The van der Waals surface area contributed by atoms with E-state index in [2.05, 4.69) is 23.9 Å². The third-order valence-corrected chi connectivity index (χ3v) is 4.63. The maximum Gasteiger partial charge on any atom is 0.324 e. The van der Waals surface area contributed by atoms with Gasteiger partial charge in [0.1, 0.15) is 5.54 Å². The van der Waals surface area contributed by atoms with Crippen molar-refractivity contribution < 1.29 is 9.90 Å². The number of carbonyl (C=O) groups is 1. The third-order valence-electron chi connectivity index (χ3n) is 4.63. The zero-order valence-electron chi connectivity index (χ0n) is 11.0. The SMILES string of the molecule is CN(C)C1CCN(C2(C(=O)O)CCCC2)CC1. The van der Waals surface area contributed by atoms with E-state index in [1.54, 1.807) is 0 Å². The maximum absolute atomic E-state index is 11.6. The molecule has 0 aromatic heterocycles. The van der Waals surface area contributed by atoms with Crippen LogP contribution < -0.4 is 0 Å². The number of carboxylic acids is 1. The number of likely N-dealkylation sites (tertiary alicyclic amines) is 1. The standard InChI is InChI=1S/C13H24N2O2/c1-14(2)11-5-9-15(10-6-11)13(12(16)17)7-3-4-8-13/h11H,3-10H2,1-2H3,(H,16,17). The highest BCUT2D eigenvalue weighted by molar-refractivity contribution is 5.79. The average Bonchev–Trinajstić information content (AvgIpc) is 2.79. The van der Waals surface area contributed by atoms with Crippen molar-refractivity contribution in [2.45, 2.75) is 50.1 Å². The molecule has 1 N–H and O–H groups in total. The van der Waals surface area contributed by atoms with Crippen molar-refractivity contribution in [3.05, 3.63) is 0 Å². The number of hydrogen-bond donors (Lipinski definition) is 1. The predicted octanol–water partition coefficient (Wildman–Crippen LogP) is 1.41. The summed E-state index contributed by atoms with van der Waals surface area (Å²) in [4.78, 5) is 16.1. The van der Waals surface area contributed by atoms with Gasteiger partial charge in [0.2, 0.25) is 0 Å². The normalized spacial score (nSPS) is 26.5. The van der Waals surface area contributed by atoms with Gasteiger partial charge in [0, 0.05) is 19.1 Å². The fourth-order valence-electron chi connectivity index (χ4n) is 3.44. The molecule has 2 aliphatic rings. The van der Waals surface area contributed by atoms with Crippen molar-refractivity contribution in [2.24, 2.45) is 0 Å². The lowest BCUT2D eigenvalue weighted by Gasteiger charge is -2.43. The van der Waals surface area contributed by atoms with Crippen LogP contribution in [0.3, 0.4) is 0 Å². The van der Waals surface area contributed by atoms with E-state index in [-0.39, 0.29) is 0 Å². The van der Waals surface area contributed by atoms with Crippen LogP contribution in [0.25, 0.3) is 0 Å². The Morgan fingerprint density at radius 3 is 2.18 bits per heavy atom. The Morgan fingerprint density at radius 2 is 1.76 bits per heavy atom. The number of hydrogen-bond acceptors (Lipinski definition) is 3. The molecule has 4 heteroatoms. The van der Waals surface area contributed by atoms with E-state index in [4.69, 9.17) is 0 Å². The first-order chi connectivity index (χ1) is 8.06. The monoisotopic (exact) mass is 240 g/mol. The lowest BCUT2D eigenvalue weighted by molar-refractivity contribution is -0.152. The quantitative estimate of drug-likeness (QED) is 0.810. The molecule has 0 bridgehead atoms. The number of aliphatic carboxylic acids is 1. The Hall–Kier alpha value is -0.610. The number of piperidine rings is 1. The first-order valence-corrected chi connectivity index (χ1v) is 6.71. The van der Waals surface area contributed by atoms with Crippen molar-refractivity contribution in [2.75, 3.05) is 27.2 Å². The zero-order chi connectivity index (χ0) is 12.5. The predicted molar refractivity (Wildman–Crippen MR) is 67.1 cm³/mol. The Morgan fingerprint density at radius 1 is 1.24 bits per heavy atom. The Bertz CT molecular complexity index is 277. The summed E-state index contributed by atoms with van der Waals surface area (Å²) in [5.41, 5.74) is -0.530. The van der Waals surface area contributed by atoms with E-state index >= 15 is 0 Å². The Balaban J connectivity index is 2.01. The van der Waals surface area contributed by atoms with Gasteiger partial charge in [-0.1, -0.05) is 12.8 Å². The second-order valence-corrected chi connectivity index (χ2v) is 5.73. The summed E-state index contributed by atoms with van der Waals surface area (Å²) in [5.74, 6) is -0.599. The summed E-state index contributed by atoms with van der Waals surface area (Å²) in [5, 5.41) is 9.54. The summed E-state index contributed by atoms with van der Waals surface area (Å²) in [7, 11) is 4.23. The molecule has 0 aromatic carbocycles. The molecule has 1 heterocycles. The smallest absolute Gasteiger partial charge is 0.324 e. The molecule has 1 saturated carbocycles. The van der Waals surface area contributed by atoms with E-state index < -0.39 is 11.5 Å². The molecule has 4 nitrogen and oxygen atoms in total. The first kappa shape index (κ1) is 12.8. The topological polar surface area (TPSA) is 43.8 Å². The first-order valence-electron chi connectivity index (χ1n) is 6.71. The van der Waals surface area contributed by atoms with Crippen LogP contribution in [0.2, 0.25) is 0 Å². The molecule has 0 spiro atoms. The van der Waals surface area contributed by atoms with Crippen molar-refractivity contribution in [1.82, 2.24) is 9.80 Å². The molecule has 17 heavy (non-hydrogen) atoms. The molecule has 2 fully saturated rings. The molecule has 1 saturated heterocycles. The van der Waals surface area contributed by atoms with Gasteiger partial charge in [0.25, 0.3) is 0 Å².